The summed E-state index contributed by atoms with van der Waals surface area (Å²) in [5, 5.41) is 9.44. The van der Waals surface area contributed by atoms with Crippen LogP contribution in [0.15, 0.2) is 35.5 Å². The van der Waals surface area contributed by atoms with Gasteiger partial charge in [-0.1, -0.05) is 6.07 Å². The number of nitrogens with two attached hydrogens (primary N) is 1. The maximum absolute atomic E-state index is 13.2. The first-order chi connectivity index (χ1) is 14.7. The monoisotopic (exact) mass is 453 g/mol. The van der Waals surface area contributed by atoms with E-state index < -0.39 is 22.9 Å². The summed E-state index contributed by atoms with van der Waals surface area (Å²) in [6.45, 7) is 3.04. The Bertz CT molecular complexity index is 1150. The standard InChI is InChI=1S/C20H22F3N5O2S/c1-12-4-5-14(31(30)27-6-2-3-13(9-27)11-29)7-15(12)16-8-25-19-18(24)26-17(10-28(16)19)20(21,22)23/h4-5,7-8,10,13,29H,2-3,6,9,11H2,1H3,(H2,24,26). The number of aromatic nitrogens is 3. The van der Waals surface area contributed by atoms with Crippen LogP contribution in [0.1, 0.15) is 24.1 Å². The quantitative estimate of drug-likeness (QED) is 0.633. The van der Waals surface area contributed by atoms with Gasteiger partial charge in [-0.25, -0.2) is 18.5 Å². The summed E-state index contributed by atoms with van der Waals surface area (Å²) in [4.78, 5) is 8.09. The number of rotatable bonds is 4. The van der Waals surface area contributed by atoms with Crippen molar-refractivity contribution in [2.45, 2.75) is 30.8 Å². The number of aliphatic hydroxyl groups excluding tert-OH is 1. The van der Waals surface area contributed by atoms with Gasteiger partial charge >= 0.3 is 6.18 Å². The van der Waals surface area contributed by atoms with Crippen LogP contribution in [0.25, 0.3) is 16.9 Å². The van der Waals surface area contributed by atoms with E-state index in [1.165, 1.54) is 10.6 Å². The molecule has 0 radical (unpaired) electrons. The zero-order chi connectivity index (χ0) is 22.3. The molecule has 3 heterocycles. The van der Waals surface area contributed by atoms with Crippen LogP contribution in [0.5, 0.6) is 0 Å². The predicted octanol–water partition coefficient (Wildman–Crippen LogP) is 3.03. The second kappa shape index (κ2) is 8.21. The largest absolute Gasteiger partial charge is 0.434 e. The van der Waals surface area contributed by atoms with Crippen molar-refractivity contribution >= 4 is 22.5 Å². The summed E-state index contributed by atoms with van der Waals surface area (Å²) >= 11 is 0. The minimum Gasteiger partial charge on any atom is -0.396 e. The summed E-state index contributed by atoms with van der Waals surface area (Å²) in [6.07, 6.45) is -0.615. The van der Waals surface area contributed by atoms with Crippen LogP contribution in [0.4, 0.5) is 19.0 Å². The van der Waals surface area contributed by atoms with Gasteiger partial charge in [-0.15, -0.1) is 0 Å². The molecule has 3 aromatic rings. The molecule has 1 aliphatic rings. The molecule has 11 heteroatoms. The van der Waals surface area contributed by atoms with Crippen LogP contribution in [0.2, 0.25) is 0 Å². The number of benzene rings is 1. The molecule has 1 aliphatic heterocycles. The number of aliphatic hydroxyl groups is 1. The lowest BCUT2D eigenvalue weighted by Crippen LogP contribution is -2.37. The lowest BCUT2D eigenvalue weighted by Gasteiger charge is -2.30. The van der Waals surface area contributed by atoms with Crippen LogP contribution >= 0.6 is 0 Å². The lowest BCUT2D eigenvalue weighted by atomic mass is 10.0. The van der Waals surface area contributed by atoms with E-state index in [0.717, 1.165) is 24.6 Å². The molecule has 166 valence electrons. The normalized spacial score (nSPS) is 19.1. The SMILES string of the molecule is Cc1ccc(S(=O)N2CCCC(CO)C2)cc1-c1cnc2c(N)nc(C(F)(F)F)cn12. The summed E-state index contributed by atoms with van der Waals surface area (Å²) in [5.41, 5.74) is 6.52. The highest BCUT2D eigenvalue weighted by Gasteiger charge is 2.34. The third-order valence-corrected chi connectivity index (χ3v) is 6.93. The van der Waals surface area contributed by atoms with Gasteiger partial charge < -0.3 is 10.8 Å². The fraction of sp³-hybridized carbons (Fsp3) is 0.400. The Balaban J connectivity index is 1.76. The Morgan fingerprint density at radius 1 is 1.35 bits per heavy atom. The van der Waals surface area contributed by atoms with E-state index in [4.69, 9.17) is 5.73 Å². The molecule has 0 saturated carbocycles. The van der Waals surface area contributed by atoms with Gasteiger partial charge in [0, 0.05) is 31.5 Å². The number of imidazole rings is 1. The van der Waals surface area contributed by atoms with Crippen molar-refractivity contribution in [3.05, 3.63) is 41.9 Å². The van der Waals surface area contributed by atoms with Crippen molar-refractivity contribution in [3.63, 3.8) is 0 Å². The highest BCUT2D eigenvalue weighted by atomic mass is 32.2. The van der Waals surface area contributed by atoms with E-state index in [1.807, 2.05) is 11.2 Å². The van der Waals surface area contributed by atoms with Crippen molar-refractivity contribution in [2.24, 2.45) is 5.92 Å². The van der Waals surface area contributed by atoms with Crippen LogP contribution in [0, 0.1) is 12.8 Å². The molecule has 1 saturated heterocycles. The Morgan fingerprint density at radius 2 is 2.13 bits per heavy atom. The summed E-state index contributed by atoms with van der Waals surface area (Å²) < 4.78 is 55.9. The number of alkyl halides is 3. The molecular weight excluding hydrogens is 431 g/mol. The number of nitrogen functional groups attached to an aromatic ring is 1. The minimum absolute atomic E-state index is 0.0473. The van der Waals surface area contributed by atoms with Gasteiger partial charge in [-0.3, -0.25) is 4.40 Å². The predicted molar refractivity (Wildman–Crippen MR) is 110 cm³/mol. The van der Waals surface area contributed by atoms with Gasteiger partial charge in [0.05, 0.1) is 16.8 Å². The summed E-state index contributed by atoms with van der Waals surface area (Å²) in [6, 6.07) is 5.24. The molecular formula is C20H22F3N5O2S. The van der Waals surface area contributed by atoms with Crippen molar-refractivity contribution < 1.29 is 22.5 Å². The van der Waals surface area contributed by atoms with E-state index in [2.05, 4.69) is 9.97 Å². The average molecular weight is 453 g/mol. The molecule has 31 heavy (non-hydrogen) atoms. The highest BCUT2D eigenvalue weighted by Crippen LogP contribution is 2.33. The Morgan fingerprint density at radius 3 is 2.84 bits per heavy atom. The molecule has 0 amide bonds. The zero-order valence-corrected chi connectivity index (χ0v) is 17.6. The molecule has 2 atom stereocenters. The van der Waals surface area contributed by atoms with Crippen molar-refractivity contribution in [1.29, 1.82) is 0 Å². The third kappa shape index (κ3) is 4.17. The lowest BCUT2D eigenvalue weighted by molar-refractivity contribution is -0.141. The Hall–Kier alpha value is -2.50. The van der Waals surface area contributed by atoms with Crippen LogP contribution in [-0.4, -0.2) is 47.7 Å². The number of halogens is 3. The maximum atomic E-state index is 13.2. The topological polar surface area (TPSA) is 96.8 Å². The molecule has 1 fully saturated rings. The molecule has 3 N–H and O–H groups in total. The van der Waals surface area contributed by atoms with E-state index in [1.54, 1.807) is 18.2 Å². The number of piperidine rings is 1. The van der Waals surface area contributed by atoms with Gasteiger partial charge in [0.2, 0.25) is 0 Å². The molecule has 1 aromatic carbocycles. The first-order valence-electron chi connectivity index (χ1n) is 9.78. The van der Waals surface area contributed by atoms with E-state index in [-0.39, 0.29) is 24.0 Å². The van der Waals surface area contributed by atoms with Crippen LogP contribution < -0.4 is 5.73 Å². The fourth-order valence-electron chi connectivity index (χ4n) is 3.81. The van der Waals surface area contributed by atoms with Crippen molar-refractivity contribution in [2.75, 3.05) is 25.4 Å². The van der Waals surface area contributed by atoms with Crippen molar-refractivity contribution in [3.8, 4) is 11.3 Å². The van der Waals surface area contributed by atoms with Crippen molar-refractivity contribution in [1.82, 2.24) is 18.7 Å². The number of hydrogen-bond donors (Lipinski definition) is 2. The molecule has 0 spiro atoms. The maximum Gasteiger partial charge on any atom is 0.434 e. The smallest absolute Gasteiger partial charge is 0.396 e. The first-order valence-corrected chi connectivity index (χ1v) is 10.9. The van der Waals surface area contributed by atoms with Gasteiger partial charge in [0.15, 0.2) is 17.2 Å². The second-order valence-electron chi connectivity index (χ2n) is 7.65. The van der Waals surface area contributed by atoms with E-state index in [0.29, 0.717) is 29.2 Å². The molecule has 0 bridgehead atoms. The fourth-order valence-corrected chi connectivity index (χ4v) is 5.15. The summed E-state index contributed by atoms with van der Waals surface area (Å²) in [7, 11) is -1.45. The van der Waals surface area contributed by atoms with Gasteiger partial charge in [-0.2, -0.15) is 13.2 Å². The Labute approximate surface area is 179 Å². The number of fused-ring (bicyclic) bond motifs is 1. The van der Waals surface area contributed by atoms with Gasteiger partial charge in [-0.05, 0) is 43.4 Å². The summed E-state index contributed by atoms with van der Waals surface area (Å²) in [5.74, 6) is -0.237. The van der Waals surface area contributed by atoms with E-state index in [9.17, 15) is 22.5 Å². The van der Waals surface area contributed by atoms with Crippen LogP contribution in [0.3, 0.4) is 0 Å². The second-order valence-corrected chi connectivity index (χ2v) is 9.14. The highest BCUT2D eigenvalue weighted by molar-refractivity contribution is 7.82. The molecule has 2 aromatic heterocycles. The Kier molecular flexibility index (Phi) is 5.75. The number of hydrogen-bond acceptors (Lipinski definition) is 5. The average Bonchev–Trinajstić information content (AvgIpc) is 3.17. The van der Waals surface area contributed by atoms with Gasteiger partial charge in [0.25, 0.3) is 0 Å². The zero-order valence-electron chi connectivity index (χ0n) is 16.8. The number of aryl methyl sites for hydroxylation is 1. The first kappa shape index (κ1) is 21.7. The molecule has 2 unspecified atom stereocenters. The number of nitrogens with zero attached hydrogens (tertiary/aromatic N) is 4. The van der Waals surface area contributed by atoms with E-state index >= 15 is 0 Å². The van der Waals surface area contributed by atoms with Crippen LogP contribution in [-0.2, 0) is 17.2 Å². The van der Waals surface area contributed by atoms with Gasteiger partial charge in [0.1, 0.15) is 11.0 Å². The molecule has 7 nitrogen and oxygen atoms in total. The number of anilines is 1. The molecule has 4 rings (SSSR count). The minimum atomic E-state index is -4.65. The molecule has 0 aliphatic carbocycles. The third-order valence-electron chi connectivity index (χ3n) is 5.47.